The van der Waals surface area contributed by atoms with E-state index in [9.17, 15) is 19.7 Å². The van der Waals surface area contributed by atoms with Gasteiger partial charge in [-0.1, -0.05) is 12.1 Å². The molecule has 0 saturated carbocycles. The first-order valence-corrected chi connectivity index (χ1v) is 8.99. The van der Waals surface area contributed by atoms with Crippen LogP contribution in [0.15, 0.2) is 53.2 Å². The fourth-order valence-corrected chi connectivity index (χ4v) is 3.76. The molecule has 0 unspecified atom stereocenters. The van der Waals surface area contributed by atoms with Gasteiger partial charge in [-0.2, -0.15) is 11.3 Å². The summed E-state index contributed by atoms with van der Waals surface area (Å²) in [6, 6.07) is 11.0. The number of rotatable bonds is 6. The standard InChI is InChI=1S/C17H12N2O4S2/c20-16(11-7-8-24-10-11)15-6-5-12(25-15)9-18-17(21)13-3-1-2-4-14(13)19(22)23/h1-8,10H,9H2,(H,18,21). The summed E-state index contributed by atoms with van der Waals surface area (Å²) in [7, 11) is 0. The van der Waals surface area contributed by atoms with Gasteiger partial charge in [-0.25, -0.2) is 0 Å². The molecule has 0 atom stereocenters. The highest BCUT2D eigenvalue weighted by atomic mass is 32.1. The maximum Gasteiger partial charge on any atom is 0.282 e. The number of ketones is 1. The Hall–Kier alpha value is -2.84. The molecule has 1 amide bonds. The molecule has 2 aromatic heterocycles. The smallest absolute Gasteiger partial charge is 0.282 e. The molecule has 0 aliphatic carbocycles. The van der Waals surface area contributed by atoms with E-state index >= 15 is 0 Å². The molecule has 0 saturated heterocycles. The lowest BCUT2D eigenvalue weighted by atomic mass is 10.1. The zero-order valence-corrected chi connectivity index (χ0v) is 14.4. The van der Waals surface area contributed by atoms with Crippen LogP contribution >= 0.6 is 22.7 Å². The van der Waals surface area contributed by atoms with E-state index in [1.807, 2.05) is 5.38 Å². The molecule has 8 heteroatoms. The minimum Gasteiger partial charge on any atom is -0.347 e. The monoisotopic (exact) mass is 372 g/mol. The summed E-state index contributed by atoms with van der Waals surface area (Å²) >= 11 is 2.75. The summed E-state index contributed by atoms with van der Waals surface area (Å²) in [6.07, 6.45) is 0. The van der Waals surface area contributed by atoms with E-state index in [4.69, 9.17) is 0 Å². The number of nitrogens with zero attached hydrogens (tertiary/aromatic N) is 1. The van der Waals surface area contributed by atoms with Crippen LogP contribution < -0.4 is 5.32 Å². The minimum absolute atomic E-state index is 0.0126. The number of benzene rings is 1. The number of amides is 1. The fraction of sp³-hybridized carbons (Fsp3) is 0.0588. The largest absolute Gasteiger partial charge is 0.347 e. The van der Waals surface area contributed by atoms with Crippen LogP contribution in [0.2, 0.25) is 0 Å². The summed E-state index contributed by atoms with van der Waals surface area (Å²) in [5, 5.41) is 17.3. The lowest BCUT2D eigenvalue weighted by molar-refractivity contribution is -0.385. The fourth-order valence-electron chi connectivity index (χ4n) is 2.22. The number of nitro groups is 1. The first kappa shape index (κ1) is 17.0. The molecule has 2 heterocycles. The lowest BCUT2D eigenvalue weighted by Crippen LogP contribution is -2.23. The number of hydrogen-bond acceptors (Lipinski definition) is 6. The molecule has 0 fully saturated rings. The van der Waals surface area contributed by atoms with Gasteiger partial charge in [-0.3, -0.25) is 19.7 Å². The average Bonchev–Trinajstić information content (AvgIpc) is 3.31. The van der Waals surface area contributed by atoms with Crippen LogP contribution in [-0.4, -0.2) is 16.6 Å². The Morgan fingerprint density at radius 1 is 1.12 bits per heavy atom. The zero-order valence-electron chi connectivity index (χ0n) is 12.8. The zero-order chi connectivity index (χ0) is 17.8. The molecule has 1 N–H and O–H groups in total. The second-order valence-corrected chi connectivity index (χ2v) is 7.01. The average molecular weight is 372 g/mol. The molecule has 6 nitrogen and oxygen atoms in total. The molecule has 0 radical (unpaired) electrons. The number of nitrogens with one attached hydrogen (secondary N) is 1. The Kier molecular flexibility index (Phi) is 5.01. The van der Waals surface area contributed by atoms with Crippen molar-refractivity contribution in [1.82, 2.24) is 5.32 Å². The van der Waals surface area contributed by atoms with Crippen LogP contribution in [0.5, 0.6) is 0 Å². The van der Waals surface area contributed by atoms with Crippen molar-refractivity contribution in [2.45, 2.75) is 6.54 Å². The van der Waals surface area contributed by atoms with Crippen LogP contribution in [0.1, 0.15) is 30.5 Å². The molecule has 0 bridgehead atoms. The topological polar surface area (TPSA) is 89.3 Å². The molecule has 0 aliphatic heterocycles. The highest BCUT2D eigenvalue weighted by molar-refractivity contribution is 7.14. The third-order valence-electron chi connectivity index (χ3n) is 3.44. The second kappa shape index (κ2) is 7.37. The highest BCUT2D eigenvalue weighted by Gasteiger charge is 2.19. The van der Waals surface area contributed by atoms with Gasteiger partial charge in [-0.05, 0) is 29.6 Å². The summed E-state index contributed by atoms with van der Waals surface area (Å²) in [5.41, 5.74) is 0.417. The van der Waals surface area contributed by atoms with E-state index in [-0.39, 0.29) is 23.6 Å². The van der Waals surface area contributed by atoms with Crippen molar-refractivity contribution >= 4 is 40.1 Å². The van der Waals surface area contributed by atoms with Crippen LogP contribution in [0.3, 0.4) is 0 Å². The number of para-hydroxylation sites is 1. The van der Waals surface area contributed by atoms with Gasteiger partial charge >= 0.3 is 0 Å². The predicted octanol–water partition coefficient (Wildman–Crippen LogP) is 3.88. The molecular formula is C17H12N2O4S2. The van der Waals surface area contributed by atoms with Gasteiger partial charge in [0.05, 0.1) is 16.3 Å². The van der Waals surface area contributed by atoms with Gasteiger partial charge in [0.25, 0.3) is 11.6 Å². The predicted molar refractivity (Wildman–Crippen MR) is 96.3 cm³/mol. The van der Waals surface area contributed by atoms with Crippen molar-refractivity contribution in [2.75, 3.05) is 0 Å². The molecule has 3 rings (SSSR count). The molecule has 0 spiro atoms. The number of hydrogen-bond donors (Lipinski definition) is 1. The molecule has 3 aromatic rings. The summed E-state index contributed by atoms with van der Waals surface area (Å²) < 4.78 is 0. The maximum atomic E-state index is 12.3. The highest BCUT2D eigenvalue weighted by Crippen LogP contribution is 2.22. The Balaban J connectivity index is 1.68. The van der Waals surface area contributed by atoms with Crippen molar-refractivity contribution < 1.29 is 14.5 Å². The molecule has 126 valence electrons. The van der Waals surface area contributed by atoms with E-state index in [0.29, 0.717) is 10.4 Å². The molecule has 0 aliphatic rings. The van der Waals surface area contributed by atoms with E-state index in [1.165, 1.54) is 40.9 Å². The summed E-state index contributed by atoms with van der Waals surface area (Å²) in [6.45, 7) is 0.201. The van der Waals surface area contributed by atoms with Crippen molar-refractivity contribution in [2.24, 2.45) is 0 Å². The van der Waals surface area contributed by atoms with Crippen molar-refractivity contribution in [3.05, 3.63) is 84.2 Å². The maximum absolute atomic E-state index is 12.3. The molecule has 1 aromatic carbocycles. The van der Waals surface area contributed by atoms with Crippen molar-refractivity contribution in [3.63, 3.8) is 0 Å². The van der Waals surface area contributed by atoms with Crippen LogP contribution in [0.25, 0.3) is 0 Å². The van der Waals surface area contributed by atoms with Gasteiger partial charge in [0.1, 0.15) is 5.56 Å². The Morgan fingerprint density at radius 2 is 1.92 bits per heavy atom. The SMILES string of the molecule is O=C(c1ccsc1)c1ccc(CNC(=O)c2ccccc2[N+](=O)[O-])s1. The van der Waals surface area contributed by atoms with Crippen LogP contribution in [0, 0.1) is 10.1 Å². The molecular weight excluding hydrogens is 360 g/mol. The summed E-state index contributed by atoms with van der Waals surface area (Å²) in [4.78, 5) is 36.2. The van der Waals surface area contributed by atoms with Gasteiger partial charge < -0.3 is 5.32 Å². The van der Waals surface area contributed by atoms with E-state index in [1.54, 1.807) is 29.6 Å². The number of thiophene rings is 2. The number of carbonyl (C=O) groups is 2. The Morgan fingerprint density at radius 3 is 2.64 bits per heavy atom. The van der Waals surface area contributed by atoms with E-state index in [2.05, 4.69) is 5.32 Å². The van der Waals surface area contributed by atoms with Gasteiger partial charge in [0.15, 0.2) is 0 Å². The van der Waals surface area contributed by atoms with Crippen LogP contribution in [-0.2, 0) is 6.54 Å². The number of nitro benzene ring substituents is 1. The third kappa shape index (κ3) is 3.81. The van der Waals surface area contributed by atoms with Crippen LogP contribution in [0.4, 0.5) is 5.69 Å². The van der Waals surface area contributed by atoms with Crippen molar-refractivity contribution in [1.29, 1.82) is 0 Å². The number of carbonyl (C=O) groups excluding carboxylic acids is 2. The van der Waals surface area contributed by atoms with Gasteiger partial charge in [-0.15, -0.1) is 11.3 Å². The van der Waals surface area contributed by atoms with Crippen molar-refractivity contribution in [3.8, 4) is 0 Å². The second-order valence-electron chi connectivity index (χ2n) is 5.06. The quantitative estimate of drug-likeness (QED) is 0.404. The third-order valence-corrected chi connectivity index (χ3v) is 5.20. The van der Waals surface area contributed by atoms with E-state index < -0.39 is 10.8 Å². The van der Waals surface area contributed by atoms with Gasteiger partial charge in [0.2, 0.25) is 5.78 Å². The Bertz CT molecular complexity index is 932. The van der Waals surface area contributed by atoms with Gasteiger partial charge in [0, 0.05) is 21.9 Å². The summed E-state index contributed by atoms with van der Waals surface area (Å²) in [5.74, 6) is -0.575. The molecule has 25 heavy (non-hydrogen) atoms. The Labute approximate surface area is 150 Å². The lowest BCUT2D eigenvalue weighted by Gasteiger charge is -2.04. The minimum atomic E-state index is -0.586. The first-order chi connectivity index (χ1) is 12.1. The normalized spacial score (nSPS) is 10.4. The first-order valence-electron chi connectivity index (χ1n) is 7.23. The van der Waals surface area contributed by atoms with E-state index in [0.717, 1.165) is 4.88 Å².